The first-order valence-electron chi connectivity index (χ1n) is 2.45. The van der Waals surface area contributed by atoms with Crippen molar-refractivity contribution in [3.8, 4) is 0 Å². The molecule has 10 heavy (non-hydrogen) atoms. The van der Waals surface area contributed by atoms with Crippen LogP contribution >= 0.6 is 38.5 Å². The Morgan fingerprint density at radius 2 is 2.00 bits per heavy atom. The Bertz CT molecular complexity index is 209. The molecular weight excluding hydrogens is 335 g/mol. The Labute approximate surface area is 82.4 Å². The summed E-state index contributed by atoms with van der Waals surface area (Å²) in [7, 11) is -3.25. The van der Waals surface area contributed by atoms with E-state index in [4.69, 9.17) is 5.11 Å². The predicted octanol–water partition coefficient (Wildman–Crippen LogP) is 0.895. The largest absolute Gasteiger partial charge is 0.390 e. The van der Waals surface area contributed by atoms with Crippen molar-refractivity contribution in [3.63, 3.8) is 0 Å². The van der Waals surface area contributed by atoms with Gasteiger partial charge in [-0.15, -0.1) is 0 Å². The van der Waals surface area contributed by atoms with Gasteiger partial charge in [0.2, 0.25) is 1.66 Å². The first kappa shape index (κ1) is 11.1. The van der Waals surface area contributed by atoms with Crippen LogP contribution in [-0.4, -0.2) is 27.5 Å². The molecule has 3 nitrogen and oxygen atoms in total. The van der Waals surface area contributed by atoms with E-state index in [1.807, 2.05) is 0 Å². The maximum Gasteiger partial charge on any atom is 0.202 e. The number of aliphatic hydroxyl groups is 1. The van der Waals surface area contributed by atoms with Crippen molar-refractivity contribution < 1.29 is 13.5 Å². The van der Waals surface area contributed by atoms with Gasteiger partial charge in [-0.2, -0.15) is 0 Å². The predicted molar refractivity (Wildman–Crippen MR) is 52.2 cm³/mol. The maximum atomic E-state index is 10.9. The number of halogens is 2. The molecule has 0 heterocycles. The van der Waals surface area contributed by atoms with E-state index >= 15 is 0 Å². The normalized spacial score (nSPS) is 21.7. The summed E-state index contributed by atoms with van der Waals surface area (Å²) in [5, 5.41) is 8.98. The highest BCUT2D eigenvalue weighted by molar-refractivity contribution is 14.1. The minimum Gasteiger partial charge on any atom is -0.390 e. The molecular formula is C4H8BrIO3S. The molecule has 0 rings (SSSR count). The minimum absolute atomic E-state index is 0.928. The van der Waals surface area contributed by atoms with E-state index in [0.29, 0.717) is 0 Å². The summed E-state index contributed by atoms with van der Waals surface area (Å²) < 4.78 is 20.5. The molecule has 0 aromatic rings. The number of aliphatic hydroxyl groups excluding tert-OH is 1. The molecule has 0 bridgehead atoms. The smallest absolute Gasteiger partial charge is 0.202 e. The van der Waals surface area contributed by atoms with Crippen LogP contribution in [-0.2, 0) is 9.84 Å². The quantitative estimate of drug-likeness (QED) is 0.599. The number of hydrogen-bond acceptors (Lipinski definition) is 3. The van der Waals surface area contributed by atoms with Gasteiger partial charge in [0.15, 0.2) is 9.84 Å². The van der Waals surface area contributed by atoms with Gasteiger partial charge in [0, 0.05) is 6.26 Å². The van der Waals surface area contributed by atoms with Crippen molar-refractivity contribution in [1.82, 2.24) is 0 Å². The highest BCUT2D eigenvalue weighted by atomic mass is 127. The van der Waals surface area contributed by atoms with Gasteiger partial charge in [0.05, 0.1) is 6.10 Å². The molecule has 0 aromatic carbocycles. The third-order valence-electron chi connectivity index (χ3n) is 0.981. The molecule has 0 aliphatic carbocycles. The zero-order valence-corrected chi connectivity index (χ0v) is 10.1. The van der Waals surface area contributed by atoms with Crippen molar-refractivity contribution in [1.29, 1.82) is 0 Å². The van der Waals surface area contributed by atoms with Crippen LogP contribution in [0.25, 0.3) is 0 Å². The van der Waals surface area contributed by atoms with Crippen LogP contribution in [0, 0.1) is 0 Å². The van der Waals surface area contributed by atoms with Crippen LogP contribution in [0.2, 0.25) is 0 Å². The van der Waals surface area contributed by atoms with Crippen LogP contribution in [0.5, 0.6) is 0 Å². The summed E-state index contributed by atoms with van der Waals surface area (Å²) in [6.07, 6.45) is 0.143. The van der Waals surface area contributed by atoms with E-state index in [0.717, 1.165) is 6.26 Å². The van der Waals surface area contributed by atoms with Crippen LogP contribution in [0.15, 0.2) is 0 Å². The molecule has 0 saturated heterocycles. The Morgan fingerprint density at radius 1 is 1.70 bits per heavy atom. The zero-order chi connectivity index (χ0) is 8.58. The van der Waals surface area contributed by atoms with Crippen LogP contribution < -0.4 is 0 Å². The SMILES string of the molecule is C[C@H](O)[C@](Br)(I)S(C)(=O)=O. The lowest BCUT2D eigenvalue weighted by atomic mass is 10.5. The lowest BCUT2D eigenvalue weighted by Gasteiger charge is -2.20. The average molecular weight is 343 g/mol. The van der Waals surface area contributed by atoms with Gasteiger partial charge in [-0.3, -0.25) is 0 Å². The number of hydrogen-bond donors (Lipinski definition) is 1. The Kier molecular flexibility index (Phi) is 3.60. The molecule has 0 aliphatic heterocycles. The van der Waals surface area contributed by atoms with Crippen LogP contribution in [0.4, 0.5) is 0 Å². The lowest BCUT2D eigenvalue weighted by Crippen LogP contribution is -2.35. The summed E-state index contributed by atoms with van der Waals surface area (Å²) >= 11 is 4.57. The van der Waals surface area contributed by atoms with Gasteiger partial charge >= 0.3 is 0 Å². The second-order valence-corrected chi connectivity index (χ2v) is 9.89. The second kappa shape index (κ2) is 3.24. The summed E-state index contributed by atoms with van der Waals surface area (Å²) in [5.41, 5.74) is 0. The summed E-state index contributed by atoms with van der Waals surface area (Å²) in [5.74, 6) is 0. The van der Waals surface area contributed by atoms with E-state index in [2.05, 4.69) is 15.9 Å². The van der Waals surface area contributed by atoms with Crippen molar-refractivity contribution >= 4 is 48.4 Å². The van der Waals surface area contributed by atoms with Crippen molar-refractivity contribution in [2.75, 3.05) is 6.26 Å². The van der Waals surface area contributed by atoms with Crippen molar-refractivity contribution in [2.45, 2.75) is 14.7 Å². The fourth-order valence-corrected chi connectivity index (χ4v) is 0.929. The van der Waals surface area contributed by atoms with Gasteiger partial charge in [0.25, 0.3) is 0 Å². The molecule has 0 aromatic heterocycles. The van der Waals surface area contributed by atoms with Gasteiger partial charge in [-0.1, -0.05) is 15.9 Å². The van der Waals surface area contributed by atoms with E-state index in [9.17, 15) is 8.42 Å². The molecule has 0 spiro atoms. The number of alkyl halides is 2. The minimum atomic E-state index is -3.25. The van der Waals surface area contributed by atoms with Crippen molar-refractivity contribution in [3.05, 3.63) is 0 Å². The molecule has 1 N–H and O–H groups in total. The first-order valence-corrected chi connectivity index (χ1v) is 6.21. The molecule has 0 unspecified atom stereocenters. The zero-order valence-electron chi connectivity index (χ0n) is 5.51. The summed E-state index contributed by atoms with van der Waals surface area (Å²) in [6, 6.07) is 0. The van der Waals surface area contributed by atoms with E-state index < -0.39 is 17.6 Å². The first-order chi connectivity index (χ1) is 4.19. The summed E-state index contributed by atoms with van der Waals surface area (Å²) in [6.45, 7) is 1.42. The van der Waals surface area contributed by atoms with E-state index in [1.54, 1.807) is 22.6 Å². The summed E-state index contributed by atoms with van der Waals surface area (Å²) in [4.78, 5) is 0. The molecule has 2 atom stereocenters. The highest BCUT2D eigenvalue weighted by Crippen LogP contribution is 2.36. The third kappa shape index (κ3) is 2.31. The molecule has 0 fully saturated rings. The highest BCUT2D eigenvalue weighted by Gasteiger charge is 2.39. The molecule has 0 amide bonds. The fraction of sp³-hybridized carbons (Fsp3) is 1.00. The van der Waals surface area contributed by atoms with Gasteiger partial charge in [0.1, 0.15) is 0 Å². The molecule has 0 radical (unpaired) electrons. The molecule has 0 saturated carbocycles. The topological polar surface area (TPSA) is 54.4 Å². The van der Waals surface area contributed by atoms with Gasteiger partial charge in [-0.25, -0.2) is 8.42 Å². The number of sulfone groups is 1. The molecule has 62 valence electrons. The maximum absolute atomic E-state index is 10.9. The fourth-order valence-electron chi connectivity index (χ4n) is 0.310. The standard InChI is InChI=1S/C4H8BrIO3S/c1-3(7)4(5,6)10(2,8)9/h3,7H,1-2H3/t3-,4-/m0/s1. The van der Waals surface area contributed by atoms with Crippen LogP contribution in [0.3, 0.4) is 0 Å². The Hall–Kier alpha value is 1.12. The Balaban J connectivity index is 4.76. The van der Waals surface area contributed by atoms with Crippen LogP contribution in [0.1, 0.15) is 6.92 Å². The van der Waals surface area contributed by atoms with Gasteiger partial charge in [-0.05, 0) is 29.5 Å². The third-order valence-corrected chi connectivity index (χ3v) is 8.04. The number of rotatable bonds is 2. The van der Waals surface area contributed by atoms with Crippen molar-refractivity contribution in [2.24, 2.45) is 0 Å². The molecule has 6 heteroatoms. The van der Waals surface area contributed by atoms with Gasteiger partial charge < -0.3 is 5.11 Å². The second-order valence-electron chi connectivity index (χ2n) is 2.01. The average Bonchev–Trinajstić information content (AvgIpc) is 1.62. The monoisotopic (exact) mass is 342 g/mol. The van der Waals surface area contributed by atoms with E-state index in [-0.39, 0.29) is 0 Å². The van der Waals surface area contributed by atoms with E-state index in [1.165, 1.54) is 6.92 Å². The lowest BCUT2D eigenvalue weighted by molar-refractivity contribution is 0.208. The molecule has 0 aliphatic rings. The Morgan fingerprint density at radius 3 is 2.00 bits per heavy atom.